The van der Waals surface area contributed by atoms with Crippen molar-refractivity contribution in [2.45, 2.75) is 6.42 Å². The number of hydrogen-bond acceptors (Lipinski definition) is 2. The molecule has 5 heteroatoms. The minimum absolute atomic E-state index is 0.0183. The van der Waals surface area contributed by atoms with Crippen LogP contribution in [0.1, 0.15) is 16.1 Å². The van der Waals surface area contributed by atoms with Crippen molar-refractivity contribution in [3.05, 3.63) is 64.4 Å². The van der Waals surface area contributed by atoms with E-state index in [4.69, 9.17) is 11.6 Å². The summed E-state index contributed by atoms with van der Waals surface area (Å²) in [5.41, 5.74) is 0.180. The molecule has 0 saturated heterocycles. The number of Topliss-reactive ketones (excluding diaryl/α,β-unsaturated/α-hetero) is 1. The molecule has 0 amide bonds. The lowest BCUT2D eigenvalue weighted by Gasteiger charge is -2.03. The fourth-order valence-corrected chi connectivity index (χ4v) is 1.63. The molecule has 0 unspecified atom stereocenters. The van der Waals surface area contributed by atoms with Gasteiger partial charge in [0.05, 0.1) is 5.02 Å². The molecule has 92 valence electrons. The Hall–Kier alpha value is -1.81. The lowest BCUT2D eigenvalue weighted by Crippen LogP contribution is -2.08. The zero-order valence-corrected chi connectivity index (χ0v) is 9.92. The minimum Gasteiger partial charge on any atom is -0.292 e. The van der Waals surface area contributed by atoms with Crippen LogP contribution in [0, 0.1) is 11.6 Å². The number of halogens is 3. The highest BCUT2D eigenvalue weighted by atomic mass is 35.5. The van der Waals surface area contributed by atoms with E-state index in [9.17, 15) is 13.6 Å². The Morgan fingerprint density at radius 1 is 1.22 bits per heavy atom. The van der Waals surface area contributed by atoms with Crippen molar-refractivity contribution in [3.8, 4) is 0 Å². The zero-order chi connectivity index (χ0) is 13.1. The van der Waals surface area contributed by atoms with Crippen molar-refractivity contribution in [1.29, 1.82) is 0 Å². The molecular formula is C13H8ClF2NO. The Kier molecular flexibility index (Phi) is 3.67. The smallest absolute Gasteiger partial charge is 0.188 e. The average molecular weight is 268 g/mol. The van der Waals surface area contributed by atoms with E-state index >= 15 is 0 Å². The molecular weight excluding hydrogens is 260 g/mol. The first-order chi connectivity index (χ1) is 8.58. The van der Waals surface area contributed by atoms with Crippen LogP contribution in [-0.2, 0) is 6.42 Å². The molecule has 0 bridgehead atoms. The van der Waals surface area contributed by atoms with E-state index in [0.717, 1.165) is 12.1 Å². The Morgan fingerprint density at radius 2 is 2.00 bits per heavy atom. The van der Waals surface area contributed by atoms with Gasteiger partial charge in [0.25, 0.3) is 0 Å². The highest BCUT2D eigenvalue weighted by molar-refractivity contribution is 6.30. The summed E-state index contributed by atoms with van der Waals surface area (Å²) < 4.78 is 26.5. The normalized spacial score (nSPS) is 10.4. The lowest BCUT2D eigenvalue weighted by atomic mass is 10.1. The molecule has 0 N–H and O–H groups in total. The maximum Gasteiger partial charge on any atom is 0.188 e. The number of hydrogen-bond donors (Lipinski definition) is 0. The fourth-order valence-electron chi connectivity index (χ4n) is 1.51. The maximum absolute atomic E-state index is 13.3. The molecule has 2 nitrogen and oxygen atoms in total. The molecule has 2 rings (SSSR count). The predicted octanol–water partition coefficient (Wildman–Crippen LogP) is 3.44. The number of pyridine rings is 1. The summed E-state index contributed by atoms with van der Waals surface area (Å²) in [7, 11) is 0. The van der Waals surface area contributed by atoms with E-state index in [2.05, 4.69) is 4.98 Å². The summed E-state index contributed by atoms with van der Waals surface area (Å²) in [5, 5.41) is -0.0183. The molecule has 0 spiro atoms. The predicted molar refractivity (Wildman–Crippen MR) is 63.6 cm³/mol. The molecule has 2 aromatic rings. The van der Waals surface area contributed by atoms with Crippen LogP contribution in [0.2, 0.25) is 5.02 Å². The van der Waals surface area contributed by atoms with E-state index in [-0.39, 0.29) is 17.1 Å². The van der Waals surface area contributed by atoms with Gasteiger partial charge in [-0.25, -0.2) is 8.78 Å². The Bertz CT molecular complexity index is 601. The van der Waals surface area contributed by atoms with Gasteiger partial charge in [-0.3, -0.25) is 9.78 Å². The van der Waals surface area contributed by atoms with Crippen molar-refractivity contribution in [2.24, 2.45) is 0 Å². The third kappa shape index (κ3) is 2.71. The van der Waals surface area contributed by atoms with Gasteiger partial charge < -0.3 is 0 Å². The molecule has 1 aromatic carbocycles. The number of rotatable bonds is 3. The second-order valence-electron chi connectivity index (χ2n) is 3.68. The molecule has 1 heterocycles. The molecule has 18 heavy (non-hydrogen) atoms. The number of aromatic nitrogens is 1. The third-order valence-corrected chi connectivity index (χ3v) is 2.68. The summed E-state index contributed by atoms with van der Waals surface area (Å²) >= 11 is 5.53. The van der Waals surface area contributed by atoms with Gasteiger partial charge in [-0.1, -0.05) is 17.7 Å². The molecule has 0 aliphatic carbocycles. The average Bonchev–Trinajstić information content (AvgIpc) is 2.34. The topological polar surface area (TPSA) is 30.0 Å². The molecule has 0 atom stereocenters. The van der Waals surface area contributed by atoms with Crippen LogP contribution in [0.5, 0.6) is 0 Å². The summed E-state index contributed by atoms with van der Waals surface area (Å²) in [6.07, 6.45) is 1.21. The summed E-state index contributed by atoms with van der Waals surface area (Å²) in [6, 6.07) is 6.58. The van der Waals surface area contributed by atoms with Gasteiger partial charge in [0.15, 0.2) is 11.6 Å². The number of benzene rings is 1. The molecule has 1 aromatic heterocycles. The van der Waals surface area contributed by atoms with Crippen LogP contribution >= 0.6 is 11.6 Å². The first kappa shape index (κ1) is 12.6. The van der Waals surface area contributed by atoms with E-state index in [1.165, 1.54) is 24.4 Å². The van der Waals surface area contributed by atoms with E-state index < -0.39 is 17.4 Å². The van der Waals surface area contributed by atoms with Gasteiger partial charge in [0, 0.05) is 12.6 Å². The van der Waals surface area contributed by atoms with Gasteiger partial charge in [-0.05, 0) is 29.8 Å². The number of carbonyl (C=O) groups excluding carboxylic acids is 1. The van der Waals surface area contributed by atoms with Gasteiger partial charge in [-0.15, -0.1) is 0 Å². The summed E-state index contributed by atoms with van der Waals surface area (Å²) in [5.74, 6) is -1.80. The van der Waals surface area contributed by atoms with Crippen molar-refractivity contribution in [1.82, 2.24) is 4.98 Å². The highest BCUT2D eigenvalue weighted by Crippen LogP contribution is 2.17. The number of carbonyl (C=O) groups is 1. The second kappa shape index (κ2) is 5.23. The SMILES string of the molecule is O=C(Cc1ccc(Cl)c(F)c1)c1ncccc1F. The molecule has 0 fully saturated rings. The number of nitrogens with zero attached hydrogens (tertiary/aromatic N) is 1. The lowest BCUT2D eigenvalue weighted by molar-refractivity contribution is 0.0984. The largest absolute Gasteiger partial charge is 0.292 e. The third-order valence-electron chi connectivity index (χ3n) is 2.37. The van der Waals surface area contributed by atoms with Crippen molar-refractivity contribution >= 4 is 17.4 Å². The van der Waals surface area contributed by atoms with Gasteiger partial charge in [-0.2, -0.15) is 0 Å². The first-order valence-electron chi connectivity index (χ1n) is 5.15. The van der Waals surface area contributed by atoms with Crippen LogP contribution in [0.25, 0.3) is 0 Å². The second-order valence-corrected chi connectivity index (χ2v) is 4.09. The summed E-state index contributed by atoms with van der Waals surface area (Å²) in [4.78, 5) is 15.4. The summed E-state index contributed by atoms with van der Waals surface area (Å²) in [6.45, 7) is 0. The van der Waals surface area contributed by atoms with Crippen LogP contribution in [-0.4, -0.2) is 10.8 Å². The van der Waals surface area contributed by atoms with Gasteiger partial charge in [0.1, 0.15) is 11.5 Å². The van der Waals surface area contributed by atoms with E-state index in [1.54, 1.807) is 0 Å². The minimum atomic E-state index is -0.683. The van der Waals surface area contributed by atoms with Crippen molar-refractivity contribution < 1.29 is 13.6 Å². The molecule has 0 aliphatic rings. The Balaban J connectivity index is 2.22. The van der Waals surface area contributed by atoms with Crippen molar-refractivity contribution in [2.75, 3.05) is 0 Å². The number of ketones is 1. The standard InChI is InChI=1S/C13H8ClF2NO/c14-9-4-3-8(6-11(9)16)7-12(18)13-10(15)2-1-5-17-13/h1-6H,7H2. The highest BCUT2D eigenvalue weighted by Gasteiger charge is 2.14. The molecule has 0 radical (unpaired) electrons. The van der Waals surface area contributed by atoms with E-state index in [0.29, 0.717) is 5.56 Å². The fraction of sp³-hybridized carbons (Fsp3) is 0.0769. The van der Waals surface area contributed by atoms with Crippen LogP contribution in [0.4, 0.5) is 8.78 Å². The Labute approximate surface area is 107 Å². The van der Waals surface area contributed by atoms with Crippen LogP contribution in [0.3, 0.4) is 0 Å². The van der Waals surface area contributed by atoms with E-state index in [1.807, 2.05) is 0 Å². The monoisotopic (exact) mass is 267 g/mol. The van der Waals surface area contributed by atoms with Crippen molar-refractivity contribution in [3.63, 3.8) is 0 Å². The molecule has 0 aliphatic heterocycles. The van der Waals surface area contributed by atoms with Gasteiger partial charge >= 0.3 is 0 Å². The first-order valence-corrected chi connectivity index (χ1v) is 5.53. The molecule has 0 saturated carbocycles. The quantitative estimate of drug-likeness (QED) is 0.798. The zero-order valence-electron chi connectivity index (χ0n) is 9.16. The Morgan fingerprint density at radius 3 is 2.67 bits per heavy atom. The van der Waals surface area contributed by atoms with Gasteiger partial charge in [0.2, 0.25) is 0 Å². The van der Waals surface area contributed by atoms with Crippen LogP contribution < -0.4 is 0 Å². The maximum atomic E-state index is 13.3. The van der Waals surface area contributed by atoms with Crippen LogP contribution in [0.15, 0.2) is 36.5 Å².